The van der Waals surface area contributed by atoms with Crippen LogP contribution in [-0.4, -0.2) is 50.2 Å². The van der Waals surface area contributed by atoms with Gasteiger partial charge in [-0.25, -0.2) is 0 Å². The smallest absolute Gasteiger partial charge is 0.283 e. The summed E-state index contributed by atoms with van der Waals surface area (Å²) in [5.41, 5.74) is -0.239. The molecular formula is C14H19ClN3O4+. The number of amides is 1. The van der Waals surface area contributed by atoms with Crippen LogP contribution in [-0.2, 0) is 4.74 Å². The molecule has 0 spiro atoms. The van der Waals surface area contributed by atoms with Crippen LogP contribution in [0.3, 0.4) is 0 Å². The van der Waals surface area contributed by atoms with Gasteiger partial charge in [0.25, 0.3) is 11.6 Å². The predicted octanol–water partition coefficient (Wildman–Crippen LogP) is 0.283. The van der Waals surface area contributed by atoms with Crippen molar-refractivity contribution in [3.63, 3.8) is 0 Å². The quantitative estimate of drug-likeness (QED) is 0.446. The zero-order chi connectivity index (χ0) is 15.9. The maximum atomic E-state index is 12.0. The van der Waals surface area contributed by atoms with Gasteiger partial charge in [-0.15, -0.1) is 0 Å². The van der Waals surface area contributed by atoms with Gasteiger partial charge < -0.3 is 15.0 Å². The van der Waals surface area contributed by atoms with E-state index >= 15 is 0 Å². The number of carbonyl (C=O) groups is 1. The number of nitrogens with zero attached hydrogens (tertiary/aromatic N) is 1. The van der Waals surface area contributed by atoms with Crippen LogP contribution in [0.4, 0.5) is 5.69 Å². The van der Waals surface area contributed by atoms with Crippen LogP contribution in [0.2, 0.25) is 5.02 Å². The summed E-state index contributed by atoms with van der Waals surface area (Å²) in [5.74, 6) is -0.444. The van der Waals surface area contributed by atoms with E-state index in [0.29, 0.717) is 6.54 Å². The van der Waals surface area contributed by atoms with Gasteiger partial charge in [-0.3, -0.25) is 14.9 Å². The summed E-state index contributed by atoms with van der Waals surface area (Å²) >= 11 is 5.73. The maximum Gasteiger partial charge on any atom is 0.283 e. The van der Waals surface area contributed by atoms with Crippen LogP contribution in [0.1, 0.15) is 16.8 Å². The van der Waals surface area contributed by atoms with Crippen molar-refractivity contribution < 1.29 is 19.4 Å². The normalized spacial score (nSPS) is 15.5. The number of ether oxygens (including phenoxy) is 1. The van der Waals surface area contributed by atoms with E-state index in [1.807, 2.05) is 0 Å². The molecule has 1 amide bonds. The number of hydrogen-bond acceptors (Lipinski definition) is 4. The minimum atomic E-state index is -0.599. The molecule has 0 saturated carbocycles. The molecule has 0 radical (unpaired) electrons. The second-order valence-electron chi connectivity index (χ2n) is 5.14. The van der Waals surface area contributed by atoms with Gasteiger partial charge in [0.15, 0.2) is 0 Å². The molecule has 1 heterocycles. The number of carbonyl (C=O) groups excluding carboxylic acids is 1. The van der Waals surface area contributed by atoms with E-state index in [0.717, 1.165) is 39.3 Å². The van der Waals surface area contributed by atoms with Gasteiger partial charge >= 0.3 is 0 Å². The average Bonchev–Trinajstić information content (AvgIpc) is 2.52. The van der Waals surface area contributed by atoms with Gasteiger partial charge in [0.1, 0.15) is 18.7 Å². The number of nitro benzene ring substituents is 1. The van der Waals surface area contributed by atoms with Gasteiger partial charge in [-0.05, 0) is 12.1 Å². The Kier molecular flexibility index (Phi) is 6.11. The molecule has 2 N–H and O–H groups in total. The first-order valence-corrected chi connectivity index (χ1v) is 7.59. The number of benzene rings is 1. The predicted molar refractivity (Wildman–Crippen MR) is 81.4 cm³/mol. The molecule has 7 nitrogen and oxygen atoms in total. The topological polar surface area (TPSA) is 85.9 Å². The molecule has 0 unspecified atom stereocenters. The minimum absolute atomic E-state index is 0.0353. The van der Waals surface area contributed by atoms with E-state index in [1.165, 1.54) is 23.1 Å². The van der Waals surface area contributed by atoms with Crippen LogP contribution < -0.4 is 10.2 Å². The standard InChI is InChI=1S/C14H18ClN3O4/c15-11-2-3-12(13(10-11)18(20)21)14(19)16-4-1-5-17-6-8-22-9-7-17/h2-3,10H,1,4-9H2,(H,16,19)/p+1. The van der Waals surface area contributed by atoms with Gasteiger partial charge in [-0.1, -0.05) is 11.6 Å². The Balaban J connectivity index is 1.83. The molecule has 0 atom stereocenters. The molecule has 1 aromatic rings. The highest BCUT2D eigenvalue weighted by atomic mass is 35.5. The molecule has 8 heteroatoms. The lowest BCUT2D eigenvalue weighted by Gasteiger charge is -2.23. The van der Waals surface area contributed by atoms with Gasteiger partial charge in [0.05, 0.1) is 24.7 Å². The third-order valence-corrected chi connectivity index (χ3v) is 3.83. The first kappa shape index (κ1) is 16.7. The van der Waals surface area contributed by atoms with Crippen LogP contribution in [0.25, 0.3) is 0 Å². The summed E-state index contributed by atoms with van der Waals surface area (Å²) in [4.78, 5) is 23.9. The summed E-state index contributed by atoms with van der Waals surface area (Å²) in [6.45, 7) is 4.96. The van der Waals surface area contributed by atoms with E-state index in [9.17, 15) is 14.9 Å². The summed E-state index contributed by atoms with van der Waals surface area (Å²) in [5, 5.41) is 13.9. The monoisotopic (exact) mass is 328 g/mol. The Morgan fingerprint density at radius 1 is 1.41 bits per heavy atom. The highest BCUT2D eigenvalue weighted by molar-refractivity contribution is 6.31. The van der Waals surface area contributed by atoms with E-state index in [-0.39, 0.29) is 16.3 Å². The molecule has 1 aromatic carbocycles. The Morgan fingerprint density at radius 2 is 2.14 bits per heavy atom. The SMILES string of the molecule is O=C(NCCC[NH+]1CCOCC1)c1ccc(Cl)cc1[N+](=O)[O-]. The molecule has 1 aliphatic heterocycles. The summed E-state index contributed by atoms with van der Waals surface area (Å²) in [6.07, 6.45) is 0.822. The Hall–Kier alpha value is -1.70. The first-order valence-electron chi connectivity index (χ1n) is 7.21. The molecule has 22 heavy (non-hydrogen) atoms. The lowest BCUT2D eigenvalue weighted by Crippen LogP contribution is -3.14. The number of quaternary nitrogens is 1. The third-order valence-electron chi connectivity index (χ3n) is 3.59. The number of hydrogen-bond donors (Lipinski definition) is 2. The molecule has 1 saturated heterocycles. The van der Waals surface area contributed by atoms with Crippen molar-refractivity contribution >= 4 is 23.2 Å². The summed E-state index contributed by atoms with van der Waals surface area (Å²) in [6, 6.07) is 4.04. The van der Waals surface area contributed by atoms with Crippen molar-refractivity contribution in [2.45, 2.75) is 6.42 Å². The van der Waals surface area contributed by atoms with Crippen molar-refractivity contribution in [2.75, 3.05) is 39.4 Å². The fourth-order valence-electron chi connectivity index (χ4n) is 2.39. The van der Waals surface area contributed by atoms with Crippen LogP contribution >= 0.6 is 11.6 Å². The van der Waals surface area contributed by atoms with Gasteiger partial charge in [-0.2, -0.15) is 0 Å². The first-order chi connectivity index (χ1) is 10.6. The Morgan fingerprint density at radius 3 is 2.82 bits per heavy atom. The number of nitro groups is 1. The lowest BCUT2D eigenvalue weighted by atomic mass is 10.1. The third kappa shape index (κ3) is 4.66. The molecule has 120 valence electrons. The molecule has 1 aliphatic rings. The second kappa shape index (κ2) is 8.07. The van der Waals surface area contributed by atoms with Crippen LogP contribution in [0.15, 0.2) is 18.2 Å². The van der Waals surface area contributed by atoms with Gasteiger partial charge in [0.2, 0.25) is 0 Å². The minimum Gasteiger partial charge on any atom is -0.370 e. The number of nitrogens with one attached hydrogen (secondary N) is 2. The van der Waals surface area contributed by atoms with Crippen LogP contribution in [0, 0.1) is 10.1 Å². The Labute approximate surface area is 133 Å². The molecule has 1 fully saturated rings. The maximum absolute atomic E-state index is 12.0. The molecular weight excluding hydrogens is 310 g/mol. The number of halogens is 1. The fourth-order valence-corrected chi connectivity index (χ4v) is 2.56. The Bertz CT molecular complexity index is 547. The molecule has 2 rings (SSSR count). The second-order valence-corrected chi connectivity index (χ2v) is 5.58. The largest absolute Gasteiger partial charge is 0.370 e. The highest BCUT2D eigenvalue weighted by Gasteiger charge is 2.20. The zero-order valence-corrected chi connectivity index (χ0v) is 12.9. The number of rotatable bonds is 6. The highest BCUT2D eigenvalue weighted by Crippen LogP contribution is 2.22. The van der Waals surface area contributed by atoms with Crippen molar-refractivity contribution in [1.29, 1.82) is 0 Å². The van der Waals surface area contributed by atoms with E-state index in [4.69, 9.17) is 16.3 Å². The van der Waals surface area contributed by atoms with Gasteiger partial charge in [0, 0.05) is 24.1 Å². The average molecular weight is 329 g/mol. The van der Waals surface area contributed by atoms with Crippen molar-refractivity contribution in [3.8, 4) is 0 Å². The lowest BCUT2D eigenvalue weighted by molar-refractivity contribution is -0.908. The zero-order valence-electron chi connectivity index (χ0n) is 12.1. The van der Waals surface area contributed by atoms with E-state index < -0.39 is 10.8 Å². The fraction of sp³-hybridized carbons (Fsp3) is 0.500. The van der Waals surface area contributed by atoms with E-state index in [1.54, 1.807) is 0 Å². The van der Waals surface area contributed by atoms with E-state index in [2.05, 4.69) is 5.32 Å². The van der Waals surface area contributed by atoms with Crippen molar-refractivity contribution in [1.82, 2.24) is 5.32 Å². The molecule has 0 aliphatic carbocycles. The summed E-state index contributed by atoms with van der Waals surface area (Å²) in [7, 11) is 0. The number of morpholine rings is 1. The van der Waals surface area contributed by atoms with Crippen molar-refractivity contribution in [2.24, 2.45) is 0 Å². The summed E-state index contributed by atoms with van der Waals surface area (Å²) < 4.78 is 5.28. The van der Waals surface area contributed by atoms with Crippen molar-refractivity contribution in [3.05, 3.63) is 38.9 Å². The molecule has 0 bridgehead atoms. The van der Waals surface area contributed by atoms with Crippen LogP contribution in [0.5, 0.6) is 0 Å². The molecule has 0 aromatic heterocycles.